The molecule has 1 unspecified atom stereocenters. The molecule has 3 nitrogen and oxygen atoms in total. The van der Waals surface area contributed by atoms with Gasteiger partial charge in [0.25, 0.3) is 5.91 Å². The zero-order chi connectivity index (χ0) is 19.2. The molecule has 144 valence electrons. The Bertz CT molecular complexity index is 756. The molecule has 1 atom stereocenters. The lowest BCUT2D eigenvalue weighted by Crippen LogP contribution is -2.55. The summed E-state index contributed by atoms with van der Waals surface area (Å²) in [5.41, 5.74) is 4.52. The number of nitrogens with zero attached hydrogens (tertiary/aromatic N) is 2. The molecule has 1 aliphatic heterocycles. The maximum Gasteiger partial charge on any atom is 0.254 e. The number of carbonyl (C=O) groups is 1. The molecule has 1 saturated heterocycles. The molecule has 0 radical (unpaired) electrons. The third kappa shape index (κ3) is 4.78. The molecule has 0 aliphatic carbocycles. The third-order valence-corrected chi connectivity index (χ3v) is 5.80. The summed E-state index contributed by atoms with van der Waals surface area (Å²) in [6.45, 7) is 10.1. The smallest absolute Gasteiger partial charge is 0.254 e. The van der Waals surface area contributed by atoms with Crippen molar-refractivity contribution in [1.82, 2.24) is 9.80 Å². The van der Waals surface area contributed by atoms with Crippen molar-refractivity contribution in [3.63, 3.8) is 0 Å². The molecule has 3 heteroatoms. The minimum absolute atomic E-state index is 0.205. The first kappa shape index (κ1) is 19.6. The van der Waals surface area contributed by atoms with Crippen LogP contribution in [0.4, 0.5) is 0 Å². The van der Waals surface area contributed by atoms with E-state index >= 15 is 0 Å². The average molecular weight is 365 g/mol. The van der Waals surface area contributed by atoms with E-state index in [1.165, 1.54) is 24.0 Å². The number of amides is 1. The molecule has 1 heterocycles. The Labute approximate surface area is 164 Å². The Morgan fingerprint density at radius 1 is 1.04 bits per heavy atom. The van der Waals surface area contributed by atoms with Gasteiger partial charge in [0.15, 0.2) is 0 Å². The van der Waals surface area contributed by atoms with Crippen LogP contribution in [-0.4, -0.2) is 41.4 Å². The van der Waals surface area contributed by atoms with Gasteiger partial charge in [-0.1, -0.05) is 62.2 Å². The number of hydrogen-bond donors (Lipinski definition) is 0. The Kier molecular flexibility index (Phi) is 6.68. The van der Waals surface area contributed by atoms with Crippen LogP contribution in [0.5, 0.6) is 0 Å². The highest BCUT2D eigenvalue weighted by Gasteiger charge is 2.31. The first-order valence-electron chi connectivity index (χ1n) is 10.2. The first-order chi connectivity index (χ1) is 13.1. The Balaban J connectivity index is 1.74. The van der Waals surface area contributed by atoms with Crippen LogP contribution in [0.15, 0.2) is 48.5 Å². The lowest BCUT2D eigenvalue weighted by atomic mass is 9.99. The van der Waals surface area contributed by atoms with Crippen LogP contribution in [0.1, 0.15) is 53.2 Å². The number of piperazine rings is 1. The fourth-order valence-electron chi connectivity index (χ4n) is 4.00. The minimum Gasteiger partial charge on any atom is -0.333 e. The topological polar surface area (TPSA) is 23.6 Å². The second-order valence-electron chi connectivity index (χ2n) is 7.76. The molecule has 0 spiro atoms. The van der Waals surface area contributed by atoms with Gasteiger partial charge in [0, 0.05) is 37.8 Å². The summed E-state index contributed by atoms with van der Waals surface area (Å²) in [6.07, 6.45) is 3.42. The highest BCUT2D eigenvalue weighted by molar-refractivity contribution is 5.96. The van der Waals surface area contributed by atoms with Gasteiger partial charge >= 0.3 is 0 Å². The van der Waals surface area contributed by atoms with Crippen LogP contribution < -0.4 is 0 Å². The molecule has 1 amide bonds. The molecule has 27 heavy (non-hydrogen) atoms. The SMILES string of the molecule is CCCCC1CN(Cc2ccccc2)CCN1C(=O)c1cccc(C)c1C. The summed E-state index contributed by atoms with van der Waals surface area (Å²) in [4.78, 5) is 18.0. The van der Waals surface area contributed by atoms with Crippen LogP contribution >= 0.6 is 0 Å². The molecule has 2 aromatic rings. The molecule has 0 N–H and O–H groups in total. The van der Waals surface area contributed by atoms with Gasteiger partial charge in [-0.05, 0) is 43.0 Å². The van der Waals surface area contributed by atoms with Crippen molar-refractivity contribution in [3.8, 4) is 0 Å². The maximum atomic E-state index is 13.3. The van der Waals surface area contributed by atoms with Gasteiger partial charge in [-0.2, -0.15) is 0 Å². The van der Waals surface area contributed by atoms with E-state index in [1.54, 1.807) is 0 Å². The summed E-state index contributed by atoms with van der Waals surface area (Å²) in [7, 11) is 0. The number of benzene rings is 2. The van der Waals surface area contributed by atoms with Crippen LogP contribution in [-0.2, 0) is 6.54 Å². The number of rotatable bonds is 6. The summed E-state index contributed by atoms with van der Waals surface area (Å²) in [5, 5.41) is 0. The Hall–Kier alpha value is -2.13. The lowest BCUT2D eigenvalue weighted by Gasteiger charge is -2.42. The standard InChI is InChI=1S/C24H32N2O/c1-4-5-13-22-18-25(17-21-11-7-6-8-12-21)15-16-26(22)24(27)23-14-9-10-19(2)20(23)3/h6-12,14,22H,4-5,13,15-18H2,1-3H3. The van der Waals surface area contributed by atoms with Crippen molar-refractivity contribution in [1.29, 1.82) is 0 Å². The van der Waals surface area contributed by atoms with Crippen molar-refractivity contribution < 1.29 is 4.79 Å². The van der Waals surface area contributed by atoms with E-state index < -0.39 is 0 Å². The second-order valence-corrected chi connectivity index (χ2v) is 7.76. The molecule has 1 aliphatic rings. The number of aryl methyl sites for hydroxylation is 1. The van der Waals surface area contributed by atoms with Gasteiger partial charge in [-0.25, -0.2) is 0 Å². The van der Waals surface area contributed by atoms with Crippen molar-refractivity contribution in [2.45, 2.75) is 52.6 Å². The summed E-state index contributed by atoms with van der Waals surface area (Å²) < 4.78 is 0. The Morgan fingerprint density at radius 3 is 2.56 bits per heavy atom. The highest BCUT2D eigenvalue weighted by Crippen LogP contribution is 2.22. The molecule has 0 saturated carbocycles. The van der Waals surface area contributed by atoms with Crippen molar-refractivity contribution in [2.75, 3.05) is 19.6 Å². The van der Waals surface area contributed by atoms with Crippen molar-refractivity contribution in [2.24, 2.45) is 0 Å². The normalized spacial score (nSPS) is 17.9. The van der Waals surface area contributed by atoms with Gasteiger partial charge in [0.1, 0.15) is 0 Å². The molecular formula is C24H32N2O. The van der Waals surface area contributed by atoms with Gasteiger partial charge in [-0.15, -0.1) is 0 Å². The van der Waals surface area contributed by atoms with E-state index in [1.807, 2.05) is 12.1 Å². The number of hydrogen-bond acceptors (Lipinski definition) is 2. The molecule has 0 bridgehead atoms. The van der Waals surface area contributed by atoms with E-state index in [0.717, 1.165) is 43.7 Å². The van der Waals surface area contributed by atoms with E-state index in [-0.39, 0.29) is 5.91 Å². The van der Waals surface area contributed by atoms with Gasteiger partial charge in [0.2, 0.25) is 0 Å². The predicted octanol–water partition coefficient (Wildman–Crippen LogP) is 4.82. The molecule has 1 fully saturated rings. The first-order valence-corrected chi connectivity index (χ1v) is 10.2. The fourth-order valence-corrected chi connectivity index (χ4v) is 4.00. The zero-order valence-corrected chi connectivity index (χ0v) is 16.9. The summed E-state index contributed by atoms with van der Waals surface area (Å²) in [6, 6.07) is 17.0. The van der Waals surface area contributed by atoms with Crippen LogP contribution in [0, 0.1) is 13.8 Å². The van der Waals surface area contributed by atoms with Crippen molar-refractivity contribution >= 4 is 5.91 Å². The minimum atomic E-state index is 0.205. The molecule has 3 rings (SSSR count). The second kappa shape index (κ2) is 9.18. The quantitative estimate of drug-likeness (QED) is 0.734. The highest BCUT2D eigenvalue weighted by atomic mass is 16.2. The number of unbranched alkanes of at least 4 members (excludes halogenated alkanes) is 1. The summed E-state index contributed by atoms with van der Waals surface area (Å²) >= 11 is 0. The largest absolute Gasteiger partial charge is 0.333 e. The lowest BCUT2D eigenvalue weighted by molar-refractivity contribution is 0.0414. The zero-order valence-electron chi connectivity index (χ0n) is 16.9. The van der Waals surface area contributed by atoms with Gasteiger partial charge in [-0.3, -0.25) is 9.69 Å². The van der Waals surface area contributed by atoms with E-state index in [0.29, 0.717) is 6.04 Å². The fraction of sp³-hybridized carbons (Fsp3) is 0.458. The molecular weight excluding hydrogens is 332 g/mol. The molecule has 2 aromatic carbocycles. The van der Waals surface area contributed by atoms with E-state index in [2.05, 4.69) is 67.0 Å². The van der Waals surface area contributed by atoms with E-state index in [4.69, 9.17) is 0 Å². The predicted molar refractivity (Wildman–Crippen MR) is 112 cm³/mol. The van der Waals surface area contributed by atoms with Crippen LogP contribution in [0.3, 0.4) is 0 Å². The van der Waals surface area contributed by atoms with Crippen LogP contribution in [0.2, 0.25) is 0 Å². The average Bonchev–Trinajstić information content (AvgIpc) is 2.69. The maximum absolute atomic E-state index is 13.3. The van der Waals surface area contributed by atoms with Gasteiger partial charge < -0.3 is 4.90 Å². The third-order valence-electron chi connectivity index (χ3n) is 5.80. The number of carbonyl (C=O) groups excluding carboxylic acids is 1. The monoisotopic (exact) mass is 364 g/mol. The molecule has 0 aromatic heterocycles. The van der Waals surface area contributed by atoms with Crippen LogP contribution in [0.25, 0.3) is 0 Å². The van der Waals surface area contributed by atoms with Crippen molar-refractivity contribution in [3.05, 3.63) is 70.8 Å². The van der Waals surface area contributed by atoms with E-state index in [9.17, 15) is 4.79 Å². The van der Waals surface area contributed by atoms with Gasteiger partial charge in [0.05, 0.1) is 0 Å². The Morgan fingerprint density at radius 2 is 1.81 bits per heavy atom. The summed E-state index contributed by atoms with van der Waals surface area (Å²) in [5.74, 6) is 0.205.